The average Bonchev–Trinajstić information content (AvgIpc) is 2.35. The minimum atomic E-state index is -3.48. The van der Waals surface area contributed by atoms with Gasteiger partial charge in [-0.15, -0.1) is 0 Å². The summed E-state index contributed by atoms with van der Waals surface area (Å²) < 4.78 is 25.6. The second-order valence-corrected chi connectivity index (χ2v) is 9.19. The minimum Gasteiger partial charge on any atom is -0.347 e. The maximum absolute atomic E-state index is 12.3. The van der Waals surface area contributed by atoms with Crippen LogP contribution < -0.4 is 10.0 Å². The molecule has 6 heteroatoms. The standard InChI is InChI=1S/C16H26N2O3S/c1-15(2,3)11-16(4,5)18-14(19)12-7-9-13(10-8-12)22(20,21)17-6/h7-10,17H,11H2,1-6H3,(H,18,19). The summed E-state index contributed by atoms with van der Waals surface area (Å²) in [6, 6.07) is 5.90. The van der Waals surface area contributed by atoms with E-state index in [9.17, 15) is 13.2 Å². The molecule has 1 aromatic carbocycles. The summed E-state index contributed by atoms with van der Waals surface area (Å²) in [7, 11) is -2.13. The van der Waals surface area contributed by atoms with Crippen molar-refractivity contribution in [2.45, 2.75) is 51.5 Å². The molecule has 2 N–H and O–H groups in total. The van der Waals surface area contributed by atoms with Gasteiger partial charge in [0.15, 0.2) is 0 Å². The third-order valence-electron chi connectivity index (χ3n) is 3.12. The van der Waals surface area contributed by atoms with Gasteiger partial charge < -0.3 is 5.32 Å². The van der Waals surface area contributed by atoms with Crippen LogP contribution in [0.25, 0.3) is 0 Å². The van der Waals surface area contributed by atoms with E-state index in [0.717, 1.165) is 6.42 Å². The highest BCUT2D eigenvalue weighted by molar-refractivity contribution is 7.89. The molecule has 124 valence electrons. The molecule has 0 fully saturated rings. The lowest BCUT2D eigenvalue weighted by molar-refractivity contribution is 0.0891. The van der Waals surface area contributed by atoms with Gasteiger partial charge in [-0.2, -0.15) is 0 Å². The summed E-state index contributed by atoms with van der Waals surface area (Å²) in [5.41, 5.74) is 0.198. The van der Waals surface area contributed by atoms with Gasteiger partial charge in [0, 0.05) is 11.1 Å². The highest BCUT2D eigenvalue weighted by atomic mass is 32.2. The fourth-order valence-corrected chi connectivity index (χ4v) is 3.38. The number of benzene rings is 1. The van der Waals surface area contributed by atoms with E-state index in [-0.39, 0.29) is 21.8 Å². The van der Waals surface area contributed by atoms with Crippen molar-refractivity contribution in [2.24, 2.45) is 5.41 Å². The van der Waals surface area contributed by atoms with Crippen LogP contribution in [0.15, 0.2) is 29.2 Å². The van der Waals surface area contributed by atoms with Crippen molar-refractivity contribution in [3.63, 3.8) is 0 Å². The summed E-state index contributed by atoms with van der Waals surface area (Å²) in [6.45, 7) is 10.3. The Labute approximate surface area is 133 Å². The van der Waals surface area contributed by atoms with Crippen molar-refractivity contribution in [3.8, 4) is 0 Å². The summed E-state index contributed by atoms with van der Waals surface area (Å²) in [6.07, 6.45) is 0.831. The predicted molar refractivity (Wildman–Crippen MR) is 88.3 cm³/mol. The Hall–Kier alpha value is -1.40. The number of amides is 1. The maximum Gasteiger partial charge on any atom is 0.251 e. The van der Waals surface area contributed by atoms with E-state index in [1.165, 1.54) is 31.3 Å². The van der Waals surface area contributed by atoms with Crippen molar-refractivity contribution in [3.05, 3.63) is 29.8 Å². The van der Waals surface area contributed by atoms with E-state index in [4.69, 9.17) is 0 Å². The summed E-state index contributed by atoms with van der Waals surface area (Å²) in [4.78, 5) is 12.4. The van der Waals surface area contributed by atoms with Gasteiger partial charge in [0.1, 0.15) is 0 Å². The van der Waals surface area contributed by atoms with Crippen LogP contribution in [0.3, 0.4) is 0 Å². The van der Waals surface area contributed by atoms with Crippen molar-refractivity contribution >= 4 is 15.9 Å². The first kappa shape index (κ1) is 18.6. The fourth-order valence-electron chi connectivity index (χ4n) is 2.65. The zero-order valence-corrected chi connectivity index (χ0v) is 15.0. The van der Waals surface area contributed by atoms with E-state index < -0.39 is 10.0 Å². The third-order valence-corrected chi connectivity index (χ3v) is 4.55. The highest BCUT2D eigenvalue weighted by Crippen LogP contribution is 2.27. The molecule has 1 amide bonds. The minimum absolute atomic E-state index is 0.0987. The van der Waals surface area contributed by atoms with E-state index >= 15 is 0 Å². The van der Waals surface area contributed by atoms with Crippen molar-refractivity contribution in [1.29, 1.82) is 0 Å². The molecule has 22 heavy (non-hydrogen) atoms. The maximum atomic E-state index is 12.3. The van der Waals surface area contributed by atoms with Gasteiger partial charge in [-0.1, -0.05) is 20.8 Å². The van der Waals surface area contributed by atoms with Gasteiger partial charge >= 0.3 is 0 Å². The van der Waals surface area contributed by atoms with Crippen LogP contribution in [0.1, 0.15) is 51.4 Å². The zero-order chi connectivity index (χ0) is 17.2. The van der Waals surface area contributed by atoms with Crippen LogP contribution in [0.5, 0.6) is 0 Å². The van der Waals surface area contributed by atoms with E-state index in [1.807, 2.05) is 13.8 Å². The first-order chi connectivity index (χ1) is 9.86. The van der Waals surface area contributed by atoms with Gasteiger partial charge in [0.2, 0.25) is 10.0 Å². The molecule has 0 bridgehead atoms. The normalized spacial score (nSPS) is 13.0. The lowest BCUT2D eigenvalue weighted by Gasteiger charge is -2.33. The molecule has 1 rings (SSSR count). The Bertz CT molecular complexity index is 626. The molecule has 0 aliphatic carbocycles. The van der Waals surface area contributed by atoms with E-state index in [0.29, 0.717) is 5.56 Å². The number of carbonyl (C=O) groups excluding carboxylic acids is 1. The van der Waals surface area contributed by atoms with Gasteiger partial charge in [-0.05, 0) is 57.0 Å². The number of hydrogen-bond acceptors (Lipinski definition) is 3. The molecule has 0 aromatic heterocycles. The third kappa shape index (κ3) is 5.42. The van der Waals surface area contributed by atoms with Gasteiger partial charge in [-0.25, -0.2) is 13.1 Å². The molecule has 0 aliphatic heterocycles. The largest absolute Gasteiger partial charge is 0.347 e. The Morgan fingerprint density at radius 1 is 1.05 bits per heavy atom. The predicted octanol–water partition coefficient (Wildman–Crippen LogP) is 2.54. The van der Waals surface area contributed by atoms with Crippen molar-refractivity contribution in [2.75, 3.05) is 7.05 Å². The molecule has 0 atom stereocenters. The number of sulfonamides is 1. The number of nitrogens with one attached hydrogen (secondary N) is 2. The zero-order valence-electron chi connectivity index (χ0n) is 14.1. The van der Waals surface area contributed by atoms with Crippen LogP contribution in [0, 0.1) is 5.41 Å². The molecule has 0 radical (unpaired) electrons. The summed E-state index contributed by atoms with van der Waals surface area (Å²) in [5, 5.41) is 3.00. The van der Waals surface area contributed by atoms with Crippen LogP contribution in [0.4, 0.5) is 0 Å². The van der Waals surface area contributed by atoms with Crippen molar-refractivity contribution < 1.29 is 13.2 Å². The number of rotatable bonds is 5. The molecule has 1 aromatic rings. The van der Waals surface area contributed by atoms with Gasteiger partial charge in [-0.3, -0.25) is 4.79 Å². The highest BCUT2D eigenvalue weighted by Gasteiger charge is 2.27. The molecule has 5 nitrogen and oxygen atoms in total. The molecule has 0 saturated heterocycles. The van der Waals surface area contributed by atoms with Crippen LogP contribution in [-0.2, 0) is 10.0 Å². The summed E-state index contributed by atoms with van der Waals surface area (Å²) >= 11 is 0. The average molecular weight is 326 g/mol. The van der Waals surface area contributed by atoms with Crippen LogP contribution >= 0.6 is 0 Å². The molecule has 0 heterocycles. The number of carbonyl (C=O) groups is 1. The Kier molecular flexibility index (Phi) is 5.41. The lowest BCUT2D eigenvalue weighted by atomic mass is 9.81. The van der Waals surface area contributed by atoms with E-state index in [2.05, 4.69) is 30.8 Å². The summed E-state index contributed by atoms with van der Waals surface area (Å²) in [5.74, 6) is -0.206. The molecule has 0 spiro atoms. The van der Waals surface area contributed by atoms with Crippen molar-refractivity contribution in [1.82, 2.24) is 10.0 Å². The molecular weight excluding hydrogens is 300 g/mol. The lowest BCUT2D eigenvalue weighted by Crippen LogP contribution is -2.45. The topological polar surface area (TPSA) is 75.3 Å². The van der Waals surface area contributed by atoms with Crippen LogP contribution in [-0.4, -0.2) is 26.9 Å². The second-order valence-electron chi connectivity index (χ2n) is 7.31. The first-order valence-corrected chi connectivity index (χ1v) is 8.71. The SMILES string of the molecule is CNS(=O)(=O)c1ccc(C(=O)NC(C)(C)CC(C)(C)C)cc1. The van der Waals surface area contributed by atoms with Gasteiger partial charge in [0.05, 0.1) is 4.90 Å². The molecule has 0 aliphatic rings. The number of hydrogen-bond donors (Lipinski definition) is 2. The molecule has 0 unspecified atom stereocenters. The second kappa shape index (κ2) is 6.38. The Balaban J connectivity index is 2.87. The monoisotopic (exact) mass is 326 g/mol. The Morgan fingerprint density at radius 3 is 1.95 bits per heavy atom. The van der Waals surface area contributed by atoms with Crippen LogP contribution in [0.2, 0.25) is 0 Å². The molecular formula is C16H26N2O3S. The molecule has 0 saturated carbocycles. The van der Waals surface area contributed by atoms with Gasteiger partial charge in [0.25, 0.3) is 5.91 Å². The Morgan fingerprint density at radius 2 is 1.55 bits per heavy atom. The smallest absolute Gasteiger partial charge is 0.251 e. The van der Waals surface area contributed by atoms with E-state index in [1.54, 1.807) is 0 Å². The fraction of sp³-hybridized carbons (Fsp3) is 0.562. The quantitative estimate of drug-likeness (QED) is 0.873. The first-order valence-electron chi connectivity index (χ1n) is 7.22.